The average Bonchev–Trinajstić information content (AvgIpc) is 3.61. The molecule has 0 bridgehead atoms. The van der Waals surface area contributed by atoms with Gasteiger partial charge in [-0.1, -0.05) is 121 Å². The first kappa shape index (κ1) is 53.5. The standard InChI is InChI=1S/C61H50O17/c1-38(62)45-34-20-21-35-46(45)72-61-53(78-59(68)44-32-18-7-19-33-44)51(76-57(66)42-28-14-5-15-29-42)49(74-55(64)40-24-10-3-11-25-40)48(73-61)37-70-60-52(77-58(67)43-30-16-6-17-31-43)50(75-56(65)41-26-12-4-13-27-41)47(36-69-60)71-54(63)39-22-8-2-9-23-39/h2-35,47-53,60-61H,36-37H2,1H3/t47-,48-,49-,50+,51+,52-,53-,60+,61-/m1/s1. The maximum absolute atomic E-state index is 14.3. The number of Topliss-reactive ketones (excluding diaryl/α,β-unsaturated/α-hetero) is 1. The number of ether oxygens (including phenoxy) is 10. The summed E-state index contributed by atoms with van der Waals surface area (Å²) in [5.74, 6) is -5.81. The molecule has 0 aliphatic carbocycles. The van der Waals surface area contributed by atoms with Gasteiger partial charge >= 0.3 is 35.8 Å². The van der Waals surface area contributed by atoms with Crippen molar-refractivity contribution in [1.82, 2.24) is 0 Å². The number of carbonyl (C=O) groups is 7. The smallest absolute Gasteiger partial charge is 0.338 e. The van der Waals surface area contributed by atoms with Crippen molar-refractivity contribution in [3.05, 3.63) is 245 Å². The highest BCUT2D eigenvalue weighted by Crippen LogP contribution is 2.35. The van der Waals surface area contributed by atoms with E-state index in [1.165, 1.54) is 91.9 Å². The quantitative estimate of drug-likeness (QED) is 0.0446. The zero-order valence-corrected chi connectivity index (χ0v) is 41.7. The number of carbonyl (C=O) groups excluding carboxylic acids is 7. The number of hydrogen-bond donors (Lipinski definition) is 0. The summed E-state index contributed by atoms with van der Waals surface area (Å²) in [4.78, 5) is 97.6. The van der Waals surface area contributed by atoms with Gasteiger partial charge in [0.15, 0.2) is 42.6 Å². The summed E-state index contributed by atoms with van der Waals surface area (Å²) in [7, 11) is 0. The van der Waals surface area contributed by atoms with Gasteiger partial charge in [0.2, 0.25) is 12.4 Å². The third-order valence-corrected chi connectivity index (χ3v) is 12.4. The Labute approximate surface area is 447 Å². The lowest BCUT2D eigenvalue weighted by molar-refractivity contribution is -0.305. The van der Waals surface area contributed by atoms with Gasteiger partial charge in [0.05, 0.1) is 52.2 Å². The van der Waals surface area contributed by atoms with Gasteiger partial charge in [0.25, 0.3) is 0 Å². The van der Waals surface area contributed by atoms with Gasteiger partial charge in [-0.3, -0.25) is 4.79 Å². The van der Waals surface area contributed by atoms with Crippen molar-refractivity contribution >= 4 is 41.6 Å². The second-order valence-corrected chi connectivity index (χ2v) is 17.7. The van der Waals surface area contributed by atoms with E-state index in [2.05, 4.69) is 0 Å². The van der Waals surface area contributed by atoms with Crippen LogP contribution in [0.1, 0.15) is 79.4 Å². The Morgan fingerprint density at radius 1 is 0.385 bits per heavy atom. The first-order valence-corrected chi connectivity index (χ1v) is 24.7. The minimum Gasteiger partial charge on any atom is -0.460 e. The summed E-state index contributed by atoms with van der Waals surface area (Å²) >= 11 is 0. The van der Waals surface area contributed by atoms with E-state index in [1.54, 1.807) is 121 Å². The summed E-state index contributed by atoms with van der Waals surface area (Å²) in [5, 5.41) is 0. The molecule has 9 atom stereocenters. The number of rotatable bonds is 18. The van der Waals surface area contributed by atoms with Gasteiger partial charge in [-0.15, -0.1) is 0 Å². The number of ketones is 1. The van der Waals surface area contributed by atoms with Crippen LogP contribution in [0.2, 0.25) is 0 Å². The van der Waals surface area contributed by atoms with Crippen LogP contribution >= 0.6 is 0 Å². The normalized spacial score (nSPS) is 21.6. The van der Waals surface area contributed by atoms with E-state index in [0.29, 0.717) is 0 Å². The summed E-state index contributed by atoms with van der Waals surface area (Å²) in [6, 6.07) is 53.6. The Kier molecular flexibility index (Phi) is 17.5. The minimum atomic E-state index is -1.78. The molecule has 2 fully saturated rings. The highest BCUT2D eigenvalue weighted by molar-refractivity contribution is 5.97. The van der Waals surface area contributed by atoms with E-state index in [4.69, 9.17) is 47.4 Å². The van der Waals surface area contributed by atoms with E-state index in [9.17, 15) is 33.6 Å². The summed E-state index contributed by atoms with van der Waals surface area (Å²) in [5.41, 5.74) is 0.672. The first-order valence-electron chi connectivity index (χ1n) is 24.7. The van der Waals surface area contributed by atoms with E-state index >= 15 is 0 Å². The van der Waals surface area contributed by atoms with Crippen molar-refractivity contribution in [2.75, 3.05) is 13.2 Å². The third-order valence-electron chi connectivity index (χ3n) is 12.4. The molecule has 9 rings (SSSR count). The van der Waals surface area contributed by atoms with Crippen LogP contribution < -0.4 is 4.74 Å². The van der Waals surface area contributed by atoms with Gasteiger partial charge in [-0.25, -0.2) is 28.8 Å². The van der Waals surface area contributed by atoms with E-state index in [0.717, 1.165) is 0 Å². The van der Waals surface area contributed by atoms with Gasteiger partial charge in [0, 0.05) is 0 Å². The van der Waals surface area contributed by atoms with E-state index in [-0.39, 0.29) is 44.7 Å². The largest absolute Gasteiger partial charge is 0.460 e. The fourth-order valence-corrected chi connectivity index (χ4v) is 8.55. The fourth-order valence-electron chi connectivity index (χ4n) is 8.55. The monoisotopic (exact) mass is 1050 g/mol. The molecule has 0 radical (unpaired) electrons. The van der Waals surface area contributed by atoms with Crippen LogP contribution in [0, 0.1) is 0 Å². The molecule has 0 spiro atoms. The predicted octanol–water partition coefficient (Wildman–Crippen LogP) is 8.72. The van der Waals surface area contributed by atoms with Crippen molar-refractivity contribution in [3.63, 3.8) is 0 Å². The van der Waals surface area contributed by atoms with Crippen molar-refractivity contribution in [1.29, 1.82) is 0 Å². The Morgan fingerprint density at radius 3 is 1.13 bits per heavy atom. The van der Waals surface area contributed by atoms with E-state index in [1.807, 2.05) is 0 Å². The van der Waals surface area contributed by atoms with Crippen LogP contribution in [-0.2, 0) is 42.6 Å². The van der Waals surface area contributed by atoms with Gasteiger partial charge in [-0.05, 0) is 91.9 Å². The van der Waals surface area contributed by atoms with Crippen molar-refractivity contribution in [2.45, 2.75) is 62.2 Å². The predicted molar refractivity (Wildman–Crippen MR) is 275 cm³/mol. The Morgan fingerprint density at radius 2 is 0.718 bits per heavy atom. The molecule has 17 nitrogen and oxygen atoms in total. The van der Waals surface area contributed by atoms with Gasteiger partial charge < -0.3 is 47.4 Å². The highest BCUT2D eigenvalue weighted by Gasteiger charge is 2.55. The molecule has 0 saturated carbocycles. The molecular formula is C61H50O17. The van der Waals surface area contributed by atoms with Crippen LogP contribution in [0.15, 0.2) is 206 Å². The number of hydrogen-bond acceptors (Lipinski definition) is 17. The molecule has 0 N–H and O–H groups in total. The zero-order valence-electron chi connectivity index (χ0n) is 41.7. The lowest BCUT2D eigenvalue weighted by Crippen LogP contribution is -2.64. The minimum absolute atomic E-state index is 0.0223. The SMILES string of the molecule is CC(=O)c1ccccc1O[C@@H]1O[C@H](CO[C@@H]2OC[C@@H](OC(=O)c3ccccc3)[C@H](OC(=O)c3ccccc3)[C@H]2OC(=O)c2ccccc2)[C@@H](OC(=O)c2ccccc2)[C@H](OC(=O)c2ccccc2)[C@H]1OC(=O)c1ccccc1. The summed E-state index contributed by atoms with van der Waals surface area (Å²) in [6.45, 7) is 0.132. The molecule has 17 heteroatoms. The van der Waals surface area contributed by atoms with Crippen LogP contribution in [-0.4, -0.2) is 110 Å². The van der Waals surface area contributed by atoms with Crippen LogP contribution in [0.5, 0.6) is 5.75 Å². The highest BCUT2D eigenvalue weighted by atomic mass is 16.8. The topological polar surface area (TPSA) is 212 Å². The number of para-hydroxylation sites is 1. The van der Waals surface area contributed by atoms with Crippen LogP contribution in [0.3, 0.4) is 0 Å². The molecular weight excluding hydrogens is 1000 g/mol. The van der Waals surface area contributed by atoms with Gasteiger partial charge in [0.1, 0.15) is 11.9 Å². The van der Waals surface area contributed by atoms with Gasteiger partial charge in [-0.2, -0.15) is 0 Å². The number of benzene rings is 7. The first-order chi connectivity index (χ1) is 38.0. The lowest BCUT2D eigenvalue weighted by Gasteiger charge is -2.45. The molecule has 0 unspecified atom stereocenters. The molecule has 7 aromatic carbocycles. The molecule has 2 heterocycles. The van der Waals surface area contributed by atoms with Crippen LogP contribution in [0.25, 0.3) is 0 Å². The van der Waals surface area contributed by atoms with Crippen molar-refractivity contribution in [2.24, 2.45) is 0 Å². The average molecular weight is 1060 g/mol. The zero-order chi connectivity index (χ0) is 54.4. The molecule has 2 aliphatic heterocycles. The molecule has 0 aromatic heterocycles. The summed E-state index contributed by atoms with van der Waals surface area (Å²) in [6.07, 6.45) is -15.1. The Hall–Kier alpha value is -9.29. The van der Waals surface area contributed by atoms with Crippen molar-refractivity contribution in [3.8, 4) is 5.75 Å². The number of esters is 6. The molecule has 7 aromatic rings. The molecule has 396 valence electrons. The maximum Gasteiger partial charge on any atom is 0.338 e. The second-order valence-electron chi connectivity index (χ2n) is 17.7. The maximum atomic E-state index is 14.3. The molecule has 78 heavy (non-hydrogen) atoms. The second kappa shape index (κ2) is 25.5. The molecule has 2 saturated heterocycles. The Bertz CT molecular complexity index is 3180. The van der Waals surface area contributed by atoms with Crippen molar-refractivity contribution < 1.29 is 80.9 Å². The third kappa shape index (κ3) is 13.2. The van der Waals surface area contributed by atoms with E-state index < -0.39 is 110 Å². The lowest BCUT2D eigenvalue weighted by atomic mass is 9.97. The summed E-state index contributed by atoms with van der Waals surface area (Å²) < 4.78 is 62.8. The molecule has 0 amide bonds. The Balaban J connectivity index is 1.13. The fraction of sp³-hybridized carbons (Fsp3) is 0.197. The molecule has 2 aliphatic rings. The van der Waals surface area contributed by atoms with Crippen LogP contribution in [0.4, 0.5) is 0 Å².